The van der Waals surface area contributed by atoms with Crippen LogP contribution in [0, 0.1) is 17.8 Å². The summed E-state index contributed by atoms with van der Waals surface area (Å²) in [7, 11) is 0. The minimum absolute atomic E-state index is 0.407. The number of hydrogen-bond acceptors (Lipinski definition) is 1. The second-order valence-corrected chi connectivity index (χ2v) is 3.97. The number of terminal acetylenes is 1. The van der Waals surface area contributed by atoms with E-state index in [1.807, 2.05) is 0 Å². The predicted octanol–water partition coefficient (Wildman–Crippen LogP) is 2.31. The first-order valence-electron chi connectivity index (χ1n) is 4.96. The van der Waals surface area contributed by atoms with Gasteiger partial charge in [0.1, 0.15) is 0 Å². The van der Waals surface area contributed by atoms with Crippen molar-refractivity contribution in [3.05, 3.63) is 0 Å². The molecule has 1 saturated carbocycles. The van der Waals surface area contributed by atoms with Gasteiger partial charge in [-0.1, -0.05) is 19.3 Å². The van der Waals surface area contributed by atoms with E-state index in [1.165, 1.54) is 32.1 Å². The Bertz CT molecular complexity index is 160. The summed E-state index contributed by atoms with van der Waals surface area (Å²) in [5.41, 5.74) is 6.22. The van der Waals surface area contributed by atoms with Gasteiger partial charge in [0.15, 0.2) is 0 Å². The number of rotatable bonds is 3. The van der Waals surface area contributed by atoms with Crippen LogP contribution >= 0.6 is 0 Å². The summed E-state index contributed by atoms with van der Waals surface area (Å²) < 4.78 is 0. The van der Waals surface area contributed by atoms with Crippen LogP contribution in [0.15, 0.2) is 0 Å². The fourth-order valence-electron chi connectivity index (χ4n) is 2.20. The molecule has 0 atom stereocenters. The first kappa shape index (κ1) is 9.61. The maximum absolute atomic E-state index is 5.81. The highest BCUT2D eigenvalue weighted by Gasteiger charge is 2.29. The van der Waals surface area contributed by atoms with Gasteiger partial charge in [-0.25, -0.2) is 0 Å². The van der Waals surface area contributed by atoms with Gasteiger partial charge in [0.2, 0.25) is 0 Å². The summed E-state index contributed by atoms with van der Waals surface area (Å²) in [6.07, 6.45) is 14.0. The molecule has 0 bridgehead atoms. The Morgan fingerprint density at radius 2 is 1.92 bits per heavy atom. The minimum atomic E-state index is 0.407. The van der Waals surface area contributed by atoms with Crippen LogP contribution in [0.3, 0.4) is 0 Å². The van der Waals surface area contributed by atoms with E-state index in [1.54, 1.807) is 0 Å². The Balaban J connectivity index is 2.43. The van der Waals surface area contributed by atoms with E-state index in [2.05, 4.69) is 5.92 Å². The van der Waals surface area contributed by atoms with Gasteiger partial charge in [0.05, 0.1) is 0 Å². The van der Waals surface area contributed by atoms with Crippen LogP contribution in [0.25, 0.3) is 0 Å². The molecule has 1 fully saturated rings. The molecule has 12 heavy (non-hydrogen) atoms. The van der Waals surface area contributed by atoms with Crippen molar-refractivity contribution < 1.29 is 0 Å². The van der Waals surface area contributed by atoms with Crippen molar-refractivity contribution >= 4 is 0 Å². The van der Waals surface area contributed by atoms with Crippen LogP contribution in [0.1, 0.15) is 44.9 Å². The molecule has 0 aromatic carbocycles. The van der Waals surface area contributed by atoms with E-state index in [0.717, 1.165) is 19.4 Å². The topological polar surface area (TPSA) is 26.0 Å². The number of hydrogen-bond donors (Lipinski definition) is 1. The zero-order valence-electron chi connectivity index (χ0n) is 7.81. The Hall–Kier alpha value is -0.480. The average Bonchev–Trinajstić information content (AvgIpc) is 2.16. The van der Waals surface area contributed by atoms with Crippen molar-refractivity contribution in [3.63, 3.8) is 0 Å². The van der Waals surface area contributed by atoms with Crippen LogP contribution in [0.2, 0.25) is 0 Å². The molecule has 1 nitrogen and oxygen atoms in total. The van der Waals surface area contributed by atoms with E-state index in [0.29, 0.717) is 5.41 Å². The molecule has 0 aromatic rings. The fourth-order valence-corrected chi connectivity index (χ4v) is 2.20. The van der Waals surface area contributed by atoms with Gasteiger partial charge >= 0.3 is 0 Å². The predicted molar refractivity (Wildman–Crippen MR) is 52.6 cm³/mol. The standard InChI is InChI=1S/C11H19N/c1-2-3-7-11(10-12)8-5-4-6-9-11/h1H,3-10,12H2. The Labute approximate surface area is 75.7 Å². The molecule has 0 heterocycles. The SMILES string of the molecule is C#CCCC1(CN)CCCCC1. The van der Waals surface area contributed by atoms with Crippen LogP contribution in [-0.4, -0.2) is 6.54 Å². The maximum Gasteiger partial charge on any atom is 0.00918 e. The highest BCUT2D eigenvalue weighted by Crippen LogP contribution is 2.38. The molecule has 1 heteroatoms. The van der Waals surface area contributed by atoms with Gasteiger partial charge in [-0.2, -0.15) is 0 Å². The van der Waals surface area contributed by atoms with Crippen molar-refractivity contribution in [1.82, 2.24) is 0 Å². The second kappa shape index (κ2) is 4.52. The monoisotopic (exact) mass is 165 g/mol. The highest BCUT2D eigenvalue weighted by atomic mass is 14.6. The highest BCUT2D eigenvalue weighted by molar-refractivity contribution is 4.91. The molecule has 1 aliphatic carbocycles. The third-order valence-electron chi connectivity index (χ3n) is 3.15. The summed E-state index contributed by atoms with van der Waals surface area (Å²) in [5, 5.41) is 0. The molecule has 68 valence electrons. The zero-order valence-corrected chi connectivity index (χ0v) is 7.81. The molecule has 1 aliphatic rings. The molecular weight excluding hydrogens is 146 g/mol. The summed E-state index contributed by atoms with van der Waals surface area (Å²) in [6.45, 7) is 0.828. The third-order valence-corrected chi connectivity index (χ3v) is 3.15. The Morgan fingerprint density at radius 1 is 1.25 bits per heavy atom. The Morgan fingerprint density at radius 3 is 2.42 bits per heavy atom. The molecule has 0 radical (unpaired) electrons. The lowest BCUT2D eigenvalue weighted by Crippen LogP contribution is -2.32. The van der Waals surface area contributed by atoms with E-state index in [-0.39, 0.29) is 0 Å². The van der Waals surface area contributed by atoms with Crippen molar-refractivity contribution in [2.45, 2.75) is 44.9 Å². The third kappa shape index (κ3) is 2.25. The molecule has 0 unspecified atom stereocenters. The zero-order chi connectivity index (χ0) is 8.86. The maximum atomic E-state index is 5.81. The largest absolute Gasteiger partial charge is 0.330 e. The van der Waals surface area contributed by atoms with Gasteiger partial charge in [-0.15, -0.1) is 12.3 Å². The average molecular weight is 165 g/mol. The van der Waals surface area contributed by atoms with Gasteiger partial charge in [-0.05, 0) is 31.2 Å². The van der Waals surface area contributed by atoms with Crippen LogP contribution < -0.4 is 5.73 Å². The summed E-state index contributed by atoms with van der Waals surface area (Å²) in [6, 6.07) is 0. The molecule has 0 aliphatic heterocycles. The summed E-state index contributed by atoms with van der Waals surface area (Å²) in [4.78, 5) is 0. The molecule has 2 N–H and O–H groups in total. The fraction of sp³-hybridized carbons (Fsp3) is 0.818. The van der Waals surface area contributed by atoms with Crippen molar-refractivity contribution in [2.75, 3.05) is 6.54 Å². The lowest BCUT2D eigenvalue weighted by Gasteiger charge is -2.35. The lowest BCUT2D eigenvalue weighted by molar-refractivity contribution is 0.185. The molecule has 0 spiro atoms. The van der Waals surface area contributed by atoms with Gasteiger partial charge in [0.25, 0.3) is 0 Å². The van der Waals surface area contributed by atoms with Gasteiger partial charge in [0, 0.05) is 6.42 Å². The van der Waals surface area contributed by atoms with Crippen LogP contribution in [0.5, 0.6) is 0 Å². The Kier molecular flexibility index (Phi) is 3.62. The van der Waals surface area contributed by atoms with E-state index >= 15 is 0 Å². The van der Waals surface area contributed by atoms with Crippen LogP contribution in [-0.2, 0) is 0 Å². The molecular formula is C11H19N. The number of nitrogens with two attached hydrogens (primary N) is 1. The summed E-state index contributed by atoms with van der Waals surface area (Å²) in [5.74, 6) is 2.72. The van der Waals surface area contributed by atoms with Crippen molar-refractivity contribution in [3.8, 4) is 12.3 Å². The normalized spacial score (nSPS) is 21.7. The molecule has 1 rings (SSSR count). The van der Waals surface area contributed by atoms with Gasteiger partial charge < -0.3 is 5.73 Å². The lowest BCUT2D eigenvalue weighted by atomic mass is 9.71. The minimum Gasteiger partial charge on any atom is -0.330 e. The molecule has 0 amide bonds. The molecule has 0 saturated heterocycles. The first-order valence-corrected chi connectivity index (χ1v) is 4.96. The van der Waals surface area contributed by atoms with Crippen LogP contribution in [0.4, 0.5) is 0 Å². The quantitative estimate of drug-likeness (QED) is 0.638. The summed E-state index contributed by atoms with van der Waals surface area (Å²) >= 11 is 0. The van der Waals surface area contributed by atoms with Crippen molar-refractivity contribution in [1.29, 1.82) is 0 Å². The second-order valence-electron chi connectivity index (χ2n) is 3.97. The van der Waals surface area contributed by atoms with E-state index < -0.39 is 0 Å². The van der Waals surface area contributed by atoms with E-state index in [9.17, 15) is 0 Å². The smallest absolute Gasteiger partial charge is 0.00918 e. The van der Waals surface area contributed by atoms with Gasteiger partial charge in [-0.3, -0.25) is 0 Å². The first-order chi connectivity index (χ1) is 5.83. The van der Waals surface area contributed by atoms with Crippen molar-refractivity contribution in [2.24, 2.45) is 11.1 Å². The van der Waals surface area contributed by atoms with E-state index in [4.69, 9.17) is 12.2 Å². The molecule has 0 aromatic heterocycles.